The molecule has 0 radical (unpaired) electrons. The monoisotopic (exact) mass is 2430 g/mol. The third-order valence-corrected chi connectivity index (χ3v) is 29.9. The van der Waals surface area contributed by atoms with Gasteiger partial charge >= 0.3 is 11.9 Å². The fourth-order valence-corrected chi connectivity index (χ4v) is 24.6. The summed E-state index contributed by atoms with van der Waals surface area (Å²) in [5.74, 6) is 2.21. The third kappa shape index (κ3) is 41.0. The minimum atomic E-state index is -0.862. The van der Waals surface area contributed by atoms with Gasteiger partial charge in [-0.1, -0.05) is 86.0 Å². The fraction of sp³-hybridized carbons (Fsp3) is 0.208. The van der Waals surface area contributed by atoms with Crippen molar-refractivity contribution in [1.29, 1.82) is 0 Å². The van der Waals surface area contributed by atoms with Crippen LogP contribution in [0.3, 0.4) is 0 Å². The summed E-state index contributed by atoms with van der Waals surface area (Å²) in [6.45, 7) is 25.8. The van der Waals surface area contributed by atoms with Crippen LogP contribution in [0.25, 0.3) is 0 Å². The number of aromatic hydroxyl groups is 1. The van der Waals surface area contributed by atoms with Gasteiger partial charge in [-0.2, -0.15) is 0 Å². The number of methoxy groups -OCH3 is 3. The standard InChI is InChI=1S/C15H15BrOS.C15H15IOS.C13H11BrO2S.C13H13BrOS.C13H13IOS.C12H11BrOS.C6H5BrO2S.C6H6O2S.C2H4O2.CH2Cl2/c2*1-3-8-17-14-6-4-12(5-7-14)9-13-10-15(16)18-11(13)2;1-8-11(7-12(14)17-8)13(15)9-3-5-10(16-2)6-4-9;2*1-9-11(8-13(14)16-9)7-10-3-5-12(15-2)6-4-10;1-8-10(7-12(13)15-8)6-9-2-4-11(14)5-3-9;1-3-4(6(8)9)2-5(7)10-3;1-4-5(6(7)8)2-3-9-4;1-2(3)4;2-1-3/h2*3-7,10H,1,8-9H2,2H3;3-7H,1-2H3;2*3-6,8H,7H2,1-2H3;2-5,7,14H,6H2,1H3;2H,1H3,(H,8,9);2-3H,1H3,(H,7,8);1H3,(H,3,4);1H2. The number of ether oxygens (including phenoxy) is 5. The van der Waals surface area contributed by atoms with Crippen LogP contribution in [0, 0.1) is 61.2 Å². The van der Waals surface area contributed by atoms with Crippen LogP contribution in [0.15, 0.2) is 244 Å². The van der Waals surface area contributed by atoms with Gasteiger partial charge in [-0.05, 0) is 407 Å². The first-order chi connectivity index (χ1) is 60.0. The van der Waals surface area contributed by atoms with Gasteiger partial charge in [-0.3, -0.25) is 9.59 Å². The van der Waals surface area contributed by atoms with Crippen molar-refractivity contribution in [3.05, 3.63) is 366 Å². The van der Waals surface area contributed by atoms with E-state index in [9.17, 15) is 19.5 Å². The molecule has 6 aromatic carbocycles. The highest BCUT2D eigenvalue weighted by Crippen LogP contribution is 2.35. The Hall–Kier alpha value is -6.28. The van der Waals surface area contributed by atoms with E-state index in [-0.39, 0.29) is 11.1 Å². The summed E-state index contributed by atoms with van der Waals surface area (Å²) in [6.07, 6.45) is 8.38. The molecule has 0 atom stereocenters. The van der Waals surface area contributed by atoms with E-state index in [2.05, 4.69) is 251 Å². The van der Waals surface area contributed by atoms with E-state index in [0.717, 1.165) is 95.5 Å². The largest absolute Gasteiger partial charge is 0.508 e. The molecule has 0 amide bonds. The zero-order valence-electron chi connectivity index (χ0n) is 70.9. The minimum absolute atomic E-state index is 0.0482. The molecule has 8 heterocycles. The number of hydrogen-bond donors (Lipinski definition) is 4. The zero-order chi connectivity index (χ0) is 93.1. The molecular weight excluding hydrogens is 2340 g/mol. The van der Waals surface area contributed by atoms with Crippen molar-refractivity contribution in [2.75, 3.05) is 39.9 Å². The predicted molar refractivity (Wildman–Crippen MR) is 569 cm³/mol. The molecule has 30 heteroatoms. The van der Waals surface area contributed by atoms with Crippen molar-refractivity contribution in [3.8, 4) is 34.5 Å². The van der Waals surface area contributed by atoms with Crippen LogP contribution < -0.4 is 23.7 Å². The number of carbonyl (C=O) groups excluding carboxylic acids is 1. The number of benzene rings is 6. The molecule has 0 aliphatic carbocycles. The maximum absolute atomic E-state index is 12.2. The Morgan fingerprint density at radius 2 is 0.635 bits per heavy atom. The van der Waals surface area contributed by atoms with Crippen molar-refractivity contribution >= 4 is 262 Å². The van der Waals surface area contributed by atoms with Crippen molar-refractivity contribution in [1.82, 2.24) is 0 Å². The van der Waals surface area contributed by atoms with E-state index in [1.807, 2.05) is 96.3 Å². The summed E-state index contributed by atoms with van der Waals surface area (Å²) in [5.41, 5.74) is 15.7. The topological polar surface area (TPSA) is 195 Å². The number of halogens is 9. The van der Waals surface area contributed by atoms with Gasteiger partial charge in [-0.15, -0.1) is 114 Å². The molecular formula is C96H95Br5Cl2I2O13S8. The van der Waals surface area contributed by atoms with Crippen molar-refractivity contribution in [3.63, 3.8) is 0 Å². The Bertz CT molecular complexity index is 5490. The number of phenols is 1. The van der Waals surface area contributed by atoms with E-state index < -0.39 is 17.9 Å². The number of aryl methyl sites for hydroxylation is 8. The van der Waals surface area contributed by atoms with Crippen molar-refractivity contribution in [2.45, 2.75) is 94.4 Å². The summed E-state index contributed by atoms with van der Waals surface area (Å²) in [4.78, 5) is 51.6. The summed E-state index contributed by atoms with van der Waals surface area (Å²) >= 11 is 44.9. The average molecular weight is 2440 g/mol. The molecule has 13 nitrogen and oxygen atoms in total. The van der Waals surface area contributed by atoms with Crippen LogP contribution in [0.2, 0.25) is 0 Å². The number of phenolic OH excluding ortho intramolecular Hbond substituents is 1. The van der Waals surface area contributed by atoms with Crippen LogP contribution >= 0.6 is 239 Å². The second-order valence-corrected chi connectivity index (χ2v) is 48.0. The van der Waals surface area contributed by atoms with E-state index in [1.165, 1.54) is 120 Å². The van der Waals surface area contributed by atoms with Gasteiger partial charge in [0.25, 0.3) is 5.97 Å². The van der Waals surface area contributed by atoms with Gasteiger partial charge in [0.2, 0.25) is 0 Å². The lowest BCUT2D eigenvalue weighted by atomic mass is 10.0. The molecule has 0 saturated carbocycles. The van der Waals surface area contributed by atoms with E-state index >= 15 is 0 Å². The van der Waals surface area contributed by atoms with Gasteiger partial charge < -0.3 is 44.1 Å². The molecule has 14 aromatic rings. The lowest BCUT2D eigenvalue weighted by Crippen LogP contribution is -2.01. The summed E-state index contributed by atoms with van der Waals surface area (Å²) in [7, 11) is 4.99. The molecule has 14 rings (SSSR count). The smallest absolute Gasteiger partial charge is 0.336 e. The second-order valence-electron chi connectivity index (χ2n) is 26.6. The molecule has 0 saturated heterocycles. The molecule has 126 heavy (non-hydrogen) atoms. The highest BCUT2D eigenvalue weighted by atomic mass is 127. The normalized spacial score (nSPS) is 10.0. The predicted octanol–water partition coefficient (Wildman–Crippen LogP) is 32.4. The number of carbonyl (C=O) groups is 4. The molecule has 0 unspecified atom stereocenters. The lowest BCUT2D eigenvalue weighted by Gasteiger charge is -2.05. The Morgan fingerprint density at radius 3 is 0.857 bits per heavy atom. The highest BCUT2D eigenvalue weighted by Gasteiger charge is 2.17. The molecule has 0 aliphatic heterocycles. The van der Waals surface area contributed by atoms with Gasteiger partial charge in [0, 0.05) is 57.1 Å². The molecule has 668 valence electrons. The van der Waals surface area contributed by atoms with Gasteiger partial charge in [0.1, 0.15) is 47.7 Å². The number of rotatable bonds is 23. The number of ketones is 1. The first kappa shape index (κ1) is 110. The van der Waals surface area contributed by atoms with Crippen LogP contribution in [-0.4, -0.2) is 84.0 Å². The maximum atomic E-state index is 12.2. The Kier molecular flexibility index (Phi) is 51.8. The maximum Gasteiger partial charge on any atom is 0.336 e. The van der Waals surface area contributed by atoms with E-state index in [1.54, 1.807) is 147 Å². The number of carboxylic acids is 3. The quantitative estimate of drug-likeness (QED) is 0.0205. The van der Waals surface area contributed by atoms with Crippen LogP contribution in [0.4, 0.5) is 0 Å². The molecule has 0 spiro atoms. The number of carboxylic acid groups (broad SMARTS) is 3. The van der Waals surface area contributed by atoms with E-state index in [0.29, 0.717) is 35.7 Å². The second kappa shape index (κ2) is 59.2. The van der Waals surface area contributed by atoms with Crippen LogP contribution in [0.5, 0.6) is 34.5 Å². The first-order valence-electron chi connectivity index (χ1n) is 37.9. The first-order valence-corrected chi connectivity index (χ1v) is 51.7. The van der Waals surface area contributed by atoms with E-state index in [4.69, 9.17) is 67.0 Å². The Balaban J connectivity index is 0.000000254. The molecule has 0 fully saturated rings. The Morgan fingerprint density at radius 1 is 0.373 bits per heavy atom. The van der Waals surface area contributed by atoms with Crippen LogP contribution in [-0.2, 0) is 36.9 Å². The number of aromatic carboxylic acids is 2. The number of thiophene rings is 8. The SMILES string of the molecule is C=CCOc1ccc(Cc2cc(Br)sc2C)cc1.C=CCOc1ccc(Cc2cc(I)sc2C)cc1.CC(=O)O.COc1ccc(C(=O)c2cc(Br)sc2C)cc1.COc1ccc(Cc2cc(Br)sc2C)cc1.COc1ccc(Cc2cc(I)sc2C)cc1.Cc1sc(Br)cc1C(=O)O.Cc1sc(Br)cc1Cc1ccc(O)cc1.Cc1sccc1C(=O)O.ClCCl. The fourth-order valence-electron chi connectivity index (χ4n) is 11.0. The Labute approximate surface area is 850 Å². The summed E-state index contributed by atoms with van der Waals surface area (Å²) in [5, 5.41) is 35.6. The zero-order valence-corrected chi connectivity index (χ0v) is 91.2. The molecule has 0 bridgehead atoms. The van der Waals surface area contributed by atoms with Gasteiger partial charge in [0.05, 0.1) is 62.5 Å². The van der Waals surface area contributed by atoms with Gasteiger partial charge in [0.15, 0.2) is 5.78 Å². The molecule has 8 aromatic heterocycles. The highest BCUT2D eigenvalue weighted by molar-refractivity contribution is 14.1. The van der Waals surface area contributed by atoms with Crippen molar-refractivity contribution in [2.24, 2.45) is 0 Å². The van der Waals surface area contributed by atoms with Crippen molar-refractivity contribution < 1.29 is 63.3 Å². The van der Waals surface area contributed by atoms with Crippen LogP contribution in [0.1, 0.15) is 138 Å². The van der Waals surface area contributed by atoms with Gasteiger partial charge in [-0.25, -0.2) is 9.59 Å². The third-order valence-electron chi connectivity index (χ3n) is 17.5. The molecule has 4 N–H and O–H groups in total. The average Bonchev–Trinajstić information content (AvgIpc) is 2.36. The number of alkyl halides is 2. The lowest BCUT2D eigenvalue weighted by molar-refractivity contribution is -0.134. The molecule has 0 aliphatic rings. The summed E-state index contributed by atoms with van der Waals surface area (Å²) < 4.78 is 34.4. The summed E-state index contributed by atoms with van der Waals surface area (Å²) in [6, 6.07) is 63.8. The number of hydrogen-bond acceptors (Lipinski definition) is 18. The minimum Gasteiger partial charge on any atom is -0.508 e. The number of aliphatic carboxylic acids is 1.